The van der Waals surface area contributed by atoms with E-state index in [0.717, 1.165) is 11.1 Å². The zero-order chi connectivity index (χ0) is 16.7. The van der Waals surface area contributed by atoms with Gasteiger partial charge in [-0.15, -0.1) is 0 Å². The fraction of sp³-hybridized carbons (Fsp3) is 0.200. The van der Waals surface area contributed by atoms with Crippen LogP contribution in [0.5, 0.6) is 0 Å². The SMILES string of the molecule is CCOC(=O)C(=O)C(C)(/C=C/c1ccccc1)c1ccccc1. The molecular weight excluding hydrogens is 288 g/mol. The molecule has 0 heterocycles. The number of ether oxygens (including phenoxy) is 1. The average Bonchev–Trinajstić information content (AvgIpc) is 2.61. The first-order valence-corrected chi connectivity index (χ1v) is 7.59. The van der Waals surface area contributed by atoms with E-state index in [1.54, 1.807) is 19.9 Å². The lowest BCUT2D eigenvalue weighted by molar-refractivity contribution is -0.155. The third-order valence-corrected chi connectivity index (χ3v) is 3.71. The lowest BCUT2D eigenvalue weighted by Crippen LogP contribution is -2.37. The second-order valence-corrected chi connectivity index (χ2v) is 5.36. The van der Waals surface area contributed by atoms with E-state index in [9.17, 15) is 9.59 Å². The van der Waals surface area contributed by atoms with Crippen LogP contribution in [0.2, 0.25) is 0 Å². The number of ketones is 1. The Morgan fingerprint density at radius 1 is 1.00 bits per heavy atom. The van der Waals surface area contributed by atoms with Crippen LogP contribution >= 0.6 is 0 Å². The Hall–Kier alpha value is -2.68. The first-order chi connectivity index (χ1) is 11.1. The van der Waals surface area contributed by atoms with Gasteiger partial charge in [0, 0.05) is 0 Å². The van der Waals surface area contributed by atoms with Crippen molar-refractivity contribution in [1.29, 1.82) is 0 Å². The number of carbonyl (C=O) groups is 2. The van der Waals surface area contributed by atoms with E-state index in [-0.39, 0.29) is 6.61 Å². The Labute approximate surface area is 136 Å². The molecule has 1 atom stereocenters. The first-order valence-electron chi connectivity index (χ1n) is 7.59. The summed E-state index contributed by atoms with van der Waals surface area (Å²) < 4.78 is 4.90. The molecule has 2 aromatic carbocycles. The van der Waals surface area contributed by atoms with Gasteiger partial charge >= 0.3 is 5.97 Å². The van der Waals surface area contributed by atoms with Crippen LogP contribution in [-0.2, 0) is 19.7 Å². The summed E-state index contributed by atoms with van der Waals surface area (Å²) in [5.41, 5.74) is 0.653. The van der Waals surface area contributed by atoms with E-state index in [4.69, 9.17) is 4.74 Å². The first kappa shape index (κ1) is 16.7. The molecule has 3 nitrogen and oxygen atoms in total. The van der Waals surface area contributed by atoms with Crippen LogP contribution in [0, 0.1) is 0 Å². The molecule has 0 fully saturated rings. The second kappa shape index (κ2) is 7.54. The van der Waals surface area contributed by atoms with Gasteiger partial charge in [0.2, 0.25) is 0 Å². The van der Waals surface area contributed by atoms with Gasteiger partial charge in [-0.3, -0.25) is 4.79 Å². The van der Waals surface area contributed by atoms with E-state index >= 15 is 0 Å². The van der Waals surface area contributed by atoms with E-state index in [1.165, 1.54) is 0 Å². The number of benzene rings is 2. The summed E-state index contributed by atoms with van der Waals surface area (Å²) in [7, 11) is 0. The minimum atomic E-state index is -1.07. The topological polar surface area (TPSA) is 43.4 Å². The van der Waals surface area contributed by atoms with Gasteiger partial charge in [0.25, 0.3) is 5.78 Å². The Bertz CT molecular complexity index is 689. The molecule has 0 aliphatic rings. The summed E-state index contributed by atoms with van der Waals surface area (Å²) in [6, 6.07) is 18.9. The molecule has 0 N–H and O–H groups in total. The molecule has 0 aliphatic heterocycles. The lowest BCUT2D eigenvalue weighted by Gasteiger charge is -2.24. The molecule has 0 bridgehead atoms. The maximum Gasteiger partial charge on any atom is 0.375 e. The minimum Gasteiger partial charge on any atom is -0.460 e. The van der Waals surface area contributed by atoms with E-state index in [0.29, 0.717) is 0 Å². The zero-order valence-corrected chi connectivity index (χ0v) is 13.4. The van der Waals surface area contributed by atoms with Crippen molar-refractivity contribution < 1.29 is 14.3 Å². The minimum absolute atomic E-state index is 0.178. The van der Waals surface area contributed by atoms with Gasteiger partial charge in [-0.2, -0.15) is 0 Å². The quantitative estimate of drug-likeness (QED) is 0.602. The van der Waals surface area contributed by atoms with Crippen LogP contribution in [0.25, 0.3) is 6.08 Å². The number of rotatable bonds is 6. The second-order valence-electron chi connectivity index (χ2n) is 5.36. The van der Waals surface area contributed by atoms with Gasteiger partial charge in [0.15, 0.2) is 0 Å². The van der Waals surface area contributed by atoms with Crippen molar-refractivity contribution in [3.8, 4) is 0 Å². The Morgan fingerprint density at radius 2 is 1.57 bits per heavy atom. The average molecular weight is 308 g/mol. The van der Waals surface area contributed by atoms with Crippen LogP contribution in [-0.4, -0.2) is 18.4 Å². The van der Waals surface area contributed by atoms with Crippen molar-refractivity contribution in [1.82, 2.24) is 0 Å². The van der Waals surface area contributed by atoms with Crippen LogP contribution in [0.4, 0.5) is 0 Å². The van der Waals surface area contributed by atoms with Crippen molar-refractivity contribution in [3.05, 3.63) is 77.9 Å². The van der Waals surface area contributed by atoms with Gasteiger partial charge in [0.1, 0.15) is 0 Å². The molecule has 23 heavy (non-hydrogen) atoms. The predicted octanol–water partition coefficient (Wildman–Crippen LogP) is 3.79. The van der Waals surface area contributed by atoms with Crippen molar-refractivity contribution >= 4 is 17.8 Å². The molecule has 3 heteroatoms. The Morgan fingerprint density at radius 3 is 2.13 bits per heavy atom. The summed E-state index contributed by atoms with van der Waals surface area (Å²) in [4.78, 5) is 24.6. The van der Waals surface area contributed by atoms with Gasteiger partial charge in [-0.25, -0.2) is 4.79 Å². The molecule has 0 saturated heterocycles. The maximum absolute atomic E-state index is 12.7. The molecule has 118 valence electrons. The predicted molar refractivity (Wildman–Crippen MR) is 90.9 cm³/mol. The molecular formula is C20H20O3. The van der Waals surface area contributed by atoms with Crippen LogP contribution in [0.1, 0.15) is 25.0 Å². The van der Waals surface area contributed by atoms with Gasteiger partial charge in [-0.05, 0) is 25.0 Å². The monoisotopic (exact) mass is 308 g/mol. The highest BCUT2D eigenvalue weighted by Gasteiger charge is 2.38. The molecule has 0 radical (unpaired) electrons. The highest BCUT2D eigenvalue weighted by Crippen LogP contribution is 2.28. The largest absolute Gasteiger partial charge is 0.460 e. The fourth-order valence-electron chi connectivity index (χ4n) is 2.32. The van der Waals surface area contributed by atoms with Crippen molar-refractivity contribution in [2.24, 2.45) is 0 Å². The highest BCUT2D eigenvalue weighted by atomic mass is 16.5. The van der Waals surface area contributed by atoms with Crippen molar-refractivity contribution in [2.45, 2.75) is 19.3 Å². The number of allylic oxidation sites excluding steroid dienone is 1. The highest BCUT2D eigenvalue weighted by molar-refractivity contribution is 6.38. The van der Waals surface area contributed by atoms with Gasteiger partial charge < -0.3 is 4.74 Å². The van der Waals surface area contributed by atoms with Gasteiger partial charge in [0.05, 0.1) is 12.0 Å². The van der Waals surface area contributed by atoms with Crippen LogP contribution < -0.4 is 0 Å². The van der Waals surface area contributed by atoms with Crippen molar-refractivity contribution in [3.63, 3.8) is 0 Å². The number of hydrogen-bond donors (Lipinski definition) is 0. The maximum atomic E-state index is 12.7. The van der Waals surface area contributed by atoms with E-state index in [2.05, 4.69) is 0 Å². The molecule has 2 rings (SSSR count). The molecule has 0 aliphatic carbocycles. The summed E-state index contributed by atoms with van der Waals surface area (Å²) in [6.07, 6.45) is 3.61. The summed E-state index contributed by atoms with van der Waals surface area (Å²) in [5.74, 6) is -1.38. The summed E-state index contributed by atoms with van der Waals surface area (Å²) in [5, 5.41) is 0. The molecule has 0 aromatic heterocycles. The molecule has 0 amide bonds. The van der Waals surface area contributed by atoms with Crippen molar-refractivity contribution in [2.75, 3.05) is 6.61 Å². The Kier molecular flexibility index (Phi) is 5.47. The number of hydrogen-bond acceptors (Lipinski definition) is 3. The smallest absolute Gasteiger partial charge is 0.375 e. The van der Waals surface area contributed by atoms with Crippen LogP contribution in [0.15, 0.2) is 66.7 Å². The number of Topliss-reactive ketones (excluding diaryl/α,β-unsaturated/α-hetero) is 1. The normalized spacial score (nSPS) is 13.5. The fourth-order valence-corrected chi connectivity index (χ4v) is 2.32. The Balaban J connectivity index is 2.41. The van der Waals surface area contributed by atoms with Gasteiger partial charge in [-0.1, -0.05) is 72.8 Å². The molecule has 1 unspecified atom stereocenters. The molecule has 2 aromatic rings. The standard InChI is InChI=1S/C20H20O3/c1-3-23-19(22)18(21)20(2,17-12-8-5-9-13-17)15-14-16-10-6-4-7-11-16/h4-15H,3H2,1-2H3/b15-14+. The van der Waals surface area contributed by atoms with Crippen LogP contribution in [0.3, 0.4) is 0 Å². The van der Waals surface area contributed by atoms with E-state index < -0.39 is 17.2 Å². The zero-order valence-electron chi connectivity index (χ0n) is 13.4. The third kappa shape index (κ3) is 3.95. The lowest BCUT2D eigenvalue weighted by atomic mass is 9.78. The third-order valence-electron chi connectivity index (χ3n) is 3.71. The molecule has 0 spiro atoms. The number of carbonyl (C=O) groups excluding carboxylic acids is 2. The summed E-state index contributed by atoms with van der Waals surface area (Å²) >= 11 is 0. The number of esters is 1. The van der Waals surface area contributed by atoms with E-state index in [1.807, 2.05) is 66.7 Å². The molecule has 0 saturated carbocycles. The summed E-state index contributed by atoms with van der Waals surface area (Å²) in [6.45, 7) is 3.60.